The van der Waals surface area contributed by atoms with Crippen LogP contribution in [0.5, 0.6) is 0 Å². The first-order chi connectivity index (χ1) is 9.49. The monoisotopic (exact) mass is 305 g/mol. The zero-order valence-electron chi connectivity index (χ0n) is 12.5. The molecule has 1 fully saturated rings. The SMILES string of the molecule is CCCNCC(=O)NC1CCN(S(=O)(=O)CCC)CC1. The van der Waals surface area contributed by atoms with Crippen molar-refractivity contribution < 1.29 is 13.2 Å². The molecule has 0 aromatic carbocycles. The van der Waals surface area contributed by atoms with Crippen molar-refractivity contribution in [3.05, 3.63) is 0 Å². The number of sulfonamides is 1. The minimum atomic E-state index is -3.09. The third-order valence-corrected chi connectivity index (χ3v) is 5.46. The van der Waals surface area contributed by atoms with Crippen LogP contribution in [-0.4, -0.2) is 56.6 Å². The summed E-state index contributed by atoms with van der Waals surface area (Å²) in [5, 5.41) is 6.01. The fourth-order valence-corrected chi connectivity index (χ4v) is 3.86. The number of rotatable bonds is 8. The van der Waals surface area contributed by atoms with Crippen molar-refractivity contribution in [2.24, 2.45) is 0 Å². The Hall–Kier alpha value is -0.660. The molecule has 0 aromatic heterocycles. The summed E-state index contributed by atoms with van der Waals surface area (Å²) in [5.74, 6) is 0.207. The Kier molecular flexibility index (Phi) is 7.47. The van der Waals surface area contributed by atoms with Gasteiger partial charge in [0.25, 0.3) is 0 Å². The molecule has 1 saturated heterocycles. The molecule has 1 rings (SSSR count). The van der Waals surface area contributed by atoms with E-state index in [0.717, 1.165) is 13.0 Å². The van der Waals surface area contributed by atoms with E-state index in [1.165, 1.54) is 0 Å². The second kappa shape index (κ2) is 8.59. The van der Waals surface area contributed by atoms with E-state index in [0.29, 0.717) is 38.9 Å². The molecule has 7 heteroatoms. The zero-order chi connectivity index (χ0) is 15.0. The van der Waals surface area contributed by atoms with Gasteiger partial charge in [-0.25, -0.2) is 12.7 Å². The van der Waals surface area contributed by atoms with Crippen LogP contribution >= 0.6 is 0 Å². The van der Waals surface area contributed by atoms with Gasteiger partial charge in [0, 0.05) is 19.1 Å². The predicted octanol–water partition coefficient (Wildman–Crippen LogP) is 0.306. The van der Waals surface area contributed by atoms with Crippen LogP contribution in [0.15, 0.2) is 0 Å². The highest BCUT2D eigenvalue weighted by Gasteiger charge is 2.27. The summed E-state index contributed by atoms with van der Waals surface area (Å²) in [6, 6.07) is 0.0963. The van der Waals surface area contributed by atoms with Gasteiger partial charge in [-0.05, 0) is 32.2 Å². The molecule has 0 aliphatic carbocycles. The first-order valence-electron chi connectivity index (χ1n) is 7.47. The van der Waals surface area contributed by atoms with Gasteiger partial charge in [0.05, 0.1) is 12.3 Å². The molecule has 0 aromatic rings. The summed E-state index contributed by atoms with van der Waals surface area (Å²) in [6.07, 6.45) is 3.04. The van der Waals surface area contributed by atoms with Crippen molar-refractivity contribution in [3.63, 3.8) is 0 Å². The van der Waals surface area contributed by atoms with E-state index in [1.807, 2.05) is 6.92 Å². The molecule has 0 atom stereocenters. The number of piperidine rings is 1. The van der Waals surface area contributed by atoms with E-state index in [1.54, 1.807) is 4.31 Å². The number of amides is 1. The highest BCUT2D eigenvalue weighted by molar-refractivity contribution is 7.89. The quantitative estimate of drug-likeness (QED) is 0.633. The van der Waals surface area contributed by atoms with E-state index in [4.69, 9.17) is 0 Å². The van der Waals surface area contributed by atoms with Crippen molar-refractivity contribution in [2.75, 3.05) is 31.9 Å². The van der Waals surface area contributed by atoms with E-state index in [-0.39, 0.29) is 17.7 Å². The maximum Gasteiger partial charge on any atom is 0.234 e. The van der Waals surface area contributed by atoms with E-state index in [9.17, 15) is 13.2 Å². The number of carbonyl (C=O) groups excluding carboxylic acids is 1. The van der Waals surface area contributed by atoms with Crippen LogP contribution in [0.3, 0.4) is 0 Å². The minimum Gasteiger partial charge on any atom is -0.352 e. The van der Waals surface area contributed by atoms with Gasteiger partial charge >= 0.3 is 0 Å². The lowest BCUT2D eigenvalue weighted by Crippen LogP contribution is -2.48. The summed E-state index contributed by atoms with van der Waals surface area (Å²) in [4.78, 5) is 11.7. The predicted molar refractivity (Wildman–Crippen MR) is 80.0 cm³/mol. The van der Waals surface area contributed by atoms with Crippen LogP contribution in [-0.2, 0) is 14.8 Å². The van der Waals surface area contributed by atoms with E-state index in [2.05, 4.69) is 17.6 Å². The lowest BCUT2D eigenvalue weighted by Gasteiger charge is -2.31. The molecular formula is C13H27N3O3S. The average Bonchev–Trinajstić information content (AvgIpc) is 2.39. The summed E-state index contributed by atoms with van der Waals surface area (Å²) in [5.41, 5.74) is 0. The molecular weight excluding hydrogens is 278 g/mol. The van der Waals surface area contributed by atoms with Crippen molar-refractivity contribution in [1.82, 2.24) is 14.9 Å². The molecule has 0 radical (unpaired) electrons. The number of hydrogen-bond acceptors (Lipinski definition) is 4. The number of nitrogens with zero attached hydrogens (tertiary/aromatic N) is 1. The molecule has 1 aliphatic heterocycles. The first kappa shape index (κ1) is 17.4. The Bertz CT molecular complexity index is 390. The highest BCUT2D eigenvalue weighted by atomic mass is 32.2. The van der Waals surface area contributed by atoms with Crippen LogP contribution in [0.4, 0.5) is 0 Å². The molecule has 6 nitrogen and oxygen atoms in total. The lowest BCUT2D eigenvalue weighted by atomic mass is 10.1. The number of hydrogen-bond donors (Lipinski definition) is 2. The standard InChI is InChI=1S/C13H27N3O3S/c1-3-7-14-11-13(17)15-12-5-8-16(9-6-12)20(18,19)10-4-2/h12,14H,3-11H2,1-2H3,(H,15,17). The summed E-state index contributed by atoms with van der Waals surface area (Å²) in [6.45, 7) is 6.11. The van der Waals surface area contributed by atoms with Crippen molar-refractivity contribution in [3.8, 4) is 0 Å². The Morgan fingerprint density at radius 3 is 2.40 bits per heavy atom. The van der Waals surface area contributed by atoms with Crippen LogP contribution < -0.4 is 10.6 Å². The fourth-order valence-electron chi connectivity index (χ4n) is 2.32. The second-order valence-electron chi connectivity index (χ2n) is 5.23. The average molecular weight is 305 g/mol. The number of nitrogens with one attached hydrogen (secondary N) is 2. The lowest BCUT2D eigenvalue weighted by molar-refractivity contribution is -0.121. The maximum atomic E-state index is 11.9. The van der Waals surface area contributed by atoms with Crippen LogP contribution in [0.1, 0.15) is 39.5 Å². The summed E-state index contributed by atoms with van der Waals surface area (Å²) >= 11 is 0. The number of carbonyl (C=O) groups is 1. The molecule has 0 spiro atoms. The molecule has 118 valence electrons. The molecule has 0 unspecified atom stereocenters. The normalized spacial score (nSPS) is 18.1. The Labute approximate surface area is 122 Å². The molecule has 1 heterocycles. The van der Waals surface area contributed by atoms with Gasteiger partial charge in [0.2, 0.25) is 15.9 Å². The molecule has 0 saturated carbocycles. The second-order valence-corrected chi connectivity index (χ2v) is 7.32. The molecule has 0 bridgehead atoms. The smallest absolute Gasteiger partial charge is 0.234 e. The fraction of sp³-hybridized carbons (Fsp3) is 0.923. The third-order valence-electron chi connectivity index (χ3n) is 3.39. The first-order valence-corrected chi connectivity index (χ1v) is 9.08. The Morgan fingerprint density at radius 1 is 1.20 bits per heavy atom. The minimum absolute atomic E-state index is 0.00619. The van der Waals surface area contributed by atoms with E-state index < -0.39 is 10.0 Å². The van der Waals surface area contributed by atoms with Gasteiger partial charge in [0.15, 0.2) is 0 Å². The van der Waals surface area contributed by atoms with Gasteiger partial charge < -0.3 is 10.6 Å². The van der Waals surface area contributed by atoms with Gasteiger partial charge in [-0.15, -0.1) is 0 Å². The Balaban J connectivity index is 2.30. The topological polar surface area (TPSA) is 78.5 Å². The van der Waals surface area contributed by atoms with Crippen molar-refractivity contribution in [1.29, 1.82) is 0 Å². The molecule has 1 amide bonds. The van der Waals surface area contributed by atoms with Crippen LogP contribution in [0.2, 0.25) is 0 Å². The summed E-state index contributed by atoms with van der Waals surface area (Å²) in [7, 11) is -3.09. The van der Waals surface area contributed by atoms with Gasteiger partial charge in [0.1, 0.15) is 0 Å². The van der Waals surface area contributed by atoms with E-state index >= 15 is 0 Å². The molecule has 2 N–H and O–H groups in total. The highest BCUT2D eigenvalue weighted by Crippen LogP contribution is 2.14. The third kappa shape index (κ3) is 5.76. The molecule has 1 aliphatic rings. The largest absolute Gasteiger partial charge is 0.352 e. The summed E-state index contributed by atoms with van der Waals surface area (Å²) < 4.78 is 25.4. The van der Waals surface area contributed by atoms with Crippen LogP contribution in [0, 0.1) is 0 Å². The Morgan fingerprint density at radius 2 is 1.85 bits per heavy atom. The van der Waals surface area contributed by atoms with Crippen molar-refractivity contribution in [2.45, 2.75) is 45.6 Å². The van der Waals surface area contributed by atoms with Gasteiger partial charge in [-0.2, -0.15) is 0 Å². The molecule has 20 heavy (non-hydrogen) atoms. The van der Waals surface area contributed by atoms with Gasteiger partial charge in [-0.1, -0.05) is 13.8 Å². The maximum absolute atomic E-state index is 11.9. The van der Waals surface area contributed by atoms with Gasteiger partial charge in [-0.3, -0.25) is 4.79 Å². The van der Waals surface area contributed by atoms with Crippen molar-refractivity contribution >= 4 is 15.9 Å². The zero-order valence-corrected chi connectivity index (χ0v) is 13.3. The van der Waals surface area contributed by atoms with Crippen LogP contribution in [0.25, 0.3) is 0 Å².